The molecule has 0 heterocycles. The molecule has 0 saturated carbocycles. The summed E-state index contributed by atoms with van der Waals surface area (Å²) >= 11 is 3.32. The van der Waals surface area contributed by atoms with E-state index in [9.17, 15) is 8.78 Å². The average molecular weight is 322 g/mol. The molecule has 1 aromatic rings. The molecule has 0 saturated heterocycles. The van der Waals surface area contributed by atoms with E-state index < -0.39 is 6.61 Å². The summed E-state index contributed by atoms with van der Waals surface area (Å²) in [7, 11) is 0. The van der Waals surface area contributed by atoms with Gasteiger partial charge in [0, 0.05) is 23.1 Å². The maximum atomic E-state index is 12.3. The van der Waals surface area contributed by atoms with Crippen molar-refractivity contribution in [3.05, 3.63) is 28.2 Å². The minimum Gasteiger partial charge on any atom is -0.434 e. The topological polar surface area (TPSA) is 21.3 Å². The molecule has 0 radical (unpaired) electrons. The van der Waals surface area contributed by atoms with Crippen molar-refractivity contribution in [1.82, 2.24) is 5.32 Å². The van der Waals surface area contributed by atoms with Crippen LogP contribution in [0.5, 0.6) is 5.75 Å². The number of benzene rings is 1. The monoisotopic (exact) mass is 321 g/mol. The third-order valence-corrected chi connectivity index (χ3v) is 2.70. The van der Waals surface area contributed by atoms with Crippen LogP contribution in [0, 0.1) is 5.41 Å². The van der Waals surface area contributed by atoms with Crippen molar-refractivity contribution in [2.45, 2.75) is 33.9 Å². The van der Waals surface area contributed by atoms with E-state index in [2.05, 4.69) is 46.8 Å². The zero-order chi connectivity index (χ0) is 13.8. The van der Waals surface area contributed by atoms with Gasteiger partial charge in [-0.1, -0.05) is 36.7 Å². The molecule has 0 bridgehead atoms. The Morgan fingerprint density at radius 1 is 1.33 bits per heavy atom. The standard InChI is InChI=1S/C13H18BrF2NO/c1-13(2,3)8-17-7-9-6-10(14)4-5-11(9)18-12(15)16/h4-6,12,17H,7-8H2,1-3H3. The Morgan fingerprint density at radius 3 is 2.56 bits per heavy atom. The lowest BCUT2D eigenvalue weighted by Crippen LogP contribution is -2.26. The lowest BCUT2D eigenvalue weighted by atomic mass is 9.97. The number of hydrogen-bond donors (Lipinski definition) is 1. The van der Waals surface area contributed by atoms with Gasteiger partial charge in [0.2, 0.25) is 0 Å². The molecule has 0 amide bonds. The molecule has 0 fully saturated rings. The van der Waals surface area contributed by atoms with E-state index in [1.807, 2.05) is 0 Å². The molecule has 0 aliphatic heterocycles. The lowest BCUT2D eigenvalue weighted by molar-refractivity contribution is -0.0505. The largest absolute Gasteiger partial charge is 0.434 e. The van der Waals surface area contributed by atoms with Gasteiger partial charge in [-0.05, 0) is 23.6 Å². The predicted molar refractivity (Wildman–Crippen MR) is 71.9 cm³/mol. The van der Waals surface area contributed by atoms with Gasteiger partial charge in [0.15, 0.2) is 0 Å². The van der Waals surface area contributed by atoms with E-state index >= 15 is 0 Å². The Hall–Kier alpha value is -0.680. The molecule has 0 aliphatic rings. The van der Waals surface area contributed by atoms with E-state index in [0.29, 0.717) is 12.1 Å². The van der Waals surface area contributed by atoms with Crippen LogP contribution in [0.3, 0.4) is 0 Å². The van der Waals surface area contributed by atoms with E-state index in [1.54, 1.807) is 18.2 Å². The highest BCUT2D eigenvalue weighted by molar-refractivity contribution is 9.10. The Morgan fingerprint density at radius 2 is 2.00 bits per heavy atom. The molecule has 1 aromatic carbocycles. The van der Waals surface area contributed by atoms with Gasteiger partial charge in [0.25, 0.3) is 0 Å². The minimum atomic E-state index is -2.80. The van der Waals surface area contributed by atoms with Crippen LogP contribution < -0.4 is 10.1 Å². The Bertz CT molecular complexity index is 391. The summed E-state index contributed by atoms with van der Waals surface area (Å²) in [4.78, 5) is 0. The minimum absolute atomic E-state index is 0.149. The summed E-state index contributed by atoms with van der Waals surface area (Å²) in [5, 5.41) is 3.24. The molecule has 1 N–H and O–H groups in total. The van der Waals surface area contributed by atoms with Crippen molar-refractivity contribution in [3.8, 4) is 5.75 Å². The lowest BCUT2D eigenvalue weighted by Gasteiger charge is -2.19. The van der Waals surface area contributed by atoms with E-state index in [-0.39, 0.29) is 11.2 Å². The zero-order valence-electron chi connectivity index (χ0n) is 10.8. The van der Waals surface area contributed by atoms with Crippen molar-refractivity contribution in [2.75, 3.05) is 6.54 Å². The van der Waals surface area contributed by atoms with Crippen molar-refractivity contribution in [3.63, 3.8) is 0 Å². The van der Waals surface area contributed by atoms with Crippen LogP contribution in [0.15, 0.2) is 22.7 Å². The smallest absolute Gasteiger partial charge is 0.387 e. The first-order valence-electron chi connectivity index (χ1n) is 5.72. The fourth-order valence-electron chi connectivity index (χ4n) is 1.47. The molecule has 0 unspecified atom stereocenters. The SMILES string of the molecule is CC(C)(C)CNCc1cc(Br)ccc1OC(F)F. The fourth-order valence-corrected chi connectivity index (χ4v) is 1.88. The van der Waals surface area contributed by atoms with Gasteiger partial charge in [-0.3, -0.25) is 0 Å². The van der Waals surface area contributed by atoms with Gasteiger partial charge in [0.05, 0.1) is 0 Å². The first kappa shape index (κ1) is 15.4. The molecular weight excluding hydrogens is 304 g/mol. The second-order valence-corrected chi connectivity index (χ2v) is 6.21. The van der Waals surface area contributed by atoms with Crippen LogP contribution in [-0.4, -0.2) is 13.2 Å². The van der Waals surface area contributed by atoms with Gasteiger partial charge >= 0.3 is 6.61 Å². The van der Waals surface area contributed by atoms with E-state index in [0.717, 1.165) is 11.0 Å². The first-order chi connectivity index (χ1) is 8.28. The quantitative estimate of drug-likeness (QED) is 0.878. The highest BCUT2D eigenvalue weighted by atomic mass is 79.9. The second-order valence-electron chi connectivity index (χ2n) is 5.29. The van der Waals surface area contributed by atoms with Crippen LogP contribution in [-0.2, 0) is 6.54 Å². The summed E-state index contributed by atoms with van der Waals surface area (Å²) in [5.41, 5.74) is 0.865. The Balaban J connectivity index is 2.70. The summed E-state index contributed by atoms with van der Waals surface area (Å²) in [6, 6.07) is 5.02. The molecule has 102 valence electrons. The van der Waals surface area contributed by atoms with Crippen LogP contribution in [0.2, 0.25) is 0 Å². The second kappa shape index (κ2) is 6.48. The van der Waals surface area contributed by atoms with Crippen LogP contribution >= 0.6 is 15.9 Å². The molecule has 0 aliphatic carbocycles. The molecular formula is C13H18BrF2NO. The molecule has 18 heavy (non-hydrogen) atoms. The number of nitrogens with one attached hydrogen (secondary N) is 1. The molecule has 5 heteroatoms. The molecule has 0 aromatic heterocycles. The fraction of sp³-hybridized carbons (Fsp3) is 0.538. The van der Waals surface area contributed by atoms with Crippen LogP contribution in [0.25, 0.3) is 0 Å². The number of hydrogen-bond acceptors (Lipinski definition) is 2. The van der Waals surface area contributed by atoms with E-state index in [1.165, 1.54) is 0 Å². The predicted octanol–water partition coefficient (Wildman–Crippen LogP) is 4.19. The van der Waals surface area contributed by atoms with Gasteiger partial charge in [-0.2, -0.15) is 8.78 Å². The number of alkyl halides is 2. The van der Waals surface area contributed by atoms with Gasteiger partial charge in [-0.25, -0.2) is 0 Å². The van der Waals surface area contributed by atoms with E-state index in [4.69, 9.17) is 0 Å². The summed E-state index contributed by atoms with van der Waals surface area (Å²) < 4.78 is 29.8. The van der Waals surface area contributed by atoms with Crippen molar-refractivity contribution < 1.29 is 13.5 Å². The molecule has 1 rings (SSSR count). The third-order valence-electron chi connectivity index (χ3n) is 2.21. The Labute approximate surface area is 115 Å². The van der Waals surface area contributed by atoms with Crippen LogP contribution in [0.1, 0.15) is 26.3 Å². The summed E-state index contributed by atoms with van der Waals surface area (Å²) in [6.45, 7) is 4.83. The Kier molecular flexibility index (Phi) is 5.53. The third kappa shape index (κ3) is 5.78. The van der Waals surface area contributed by atoms with Crippen LogP contribution in [0.4, 0.5) is 8.78 Å². The number of halogens is 3. The highest BCUT2D eigenvalue weighted by Crippen LogP contribution is 2.25. The number of ether oxygens (including phenoxy) is 1. The maximum absolute atomic E-state index is 12.3. The summed E-state index contributed by atoms with van der Waals surface area (Å²) in [5.74, 6) is 0.217. The zero-order valence-corrected chi connectivity index (χ0v) is 12.4. The van der Waals surface area contributed by atoms with Gasteiger partial charge < -0.3 is 10.1 Å². The molecule has 0 atom stereocenters. The maximum Gasteiger partial charge on any atom is 0.387 e. The number of rotatable bonds is 5. The summed E-state index contributed by atoms with van der Waals surface area (Å²) in [6.07, 6.45) is 0. The van der Waals surface area contributed by atoms with Crippen molar-refractivity contribution in [2.24, 2.45) is 5.41 Å². The van der Waals surface area contributed by atoms with Gasteiger partial charge in [-0.15, -0.1) is 0 Å². The van der Waals surface area contributed by atoms with Gasteiger partial charge in [0.1, 0.15) is 5.75 Å². The normalized spacial score (nSPS) is 11.9. The highest BCUT2D eigenvalue weighted by Gasteiger charge is 2.12. The van der Waals surface area contributed by atoms with Crippen molar-refractivity contribution in [1.29, 1.82) is 0 Å². The first-order valence-corrected chi connectivity index (χ1v) is 6.51. The molecule has 2 nitrogen and oxygen atoms in total. The van der Waals surface area contributed by atoms with Crippen molar-refractivity contribution >= 4 is 15.9 Å². The molecule has 0 spiro atoms. The average Bonchev–Trinajstić information content (AvgIpc) is 2.19.